The van der Waals surface area contributed by atoms with Crippen molar-refractivity contribution in [2.45, 2.75) is 38.7 Å². The summed E-state index contributed by atoms with van der Waals surface area (Å²) in [4.78, 5) is 21.0. The number of ether oxygens (including phenoxy) is 1. The topological polar surface area (TPSA) is 76.1 Å². The van der Waals surface area contributed by atoms with Gasteiger partial charge >= 0.3 is 0 Å². The smallest absolute Gasteiger partial charge is 0.270 e. The first-order chi connectivity index (χ1) is 12.7. The van der Waals surface area contributed by atoms with E-state index in [1.807, 2.05) is 6.07 Å². The molecule has 1 aliphatic rings. The zero-order chi connectivity index (χ0) is 18.2. The van der Waals surface area contributed by atoms with Gasteiger partial charge in [0.25, 0.3) is 5.91 Å². The van der Waals surface area contributed by atoms with E-state index in [2.05, 4.69) is 44.9 Å². The fourth-order valence-corrected chi connectivity index (χ4v) is 3.03. The largest absolute Gasteiger partial charge is 0.376 e. The number of carbonyl (C=O) groups excluding carboxylic acids is 1. The molecule has 6 heteroatoms. The van der Waals surface area contributed by atoms with Gasteiger partial charge in [0.1, 0.15) is 17.3 Å². The summed E-state index contributed by atoms with van der Waals surface area (Å²) in [6.45, 7) is 3.90. The maximum absolute atomic E-state index is 12.3. The molecule has 1 amide bonds. The predicted octanol–water partition coefficient (Wildman–Crippen LogP) is 2.74. The Morgan fingerprint density at radius 2 is 2.12 bits per heavy atom. The Bertz CT molecular complexity index is 715. The molecule has 1 saturated heterocycles. The Labute approximate surface area is 154 Å². The molecule has 1 aromatic heterocycles. The number of benzene rings is 1. The lowest BCUT2D eigenvalue weighted by atomic mass is 10.1. The molecule has 3 rings (SSSR count). The molecule has 0 spiro atoms. The summed E-state index contributed by atoms with van der Waals surface area (Å²) >= 11 is 0. The normalized spacial score (nSPS) is 16.4. The second-order valence-electron chi connectivity index (χ2n) is 6.55. The molecule has 1 atom stereocenters. The number of anilines is 1. The molecule has 1 aromatic carbocycles. The average Bonchev–Trinajstić information content (AvgIpc) is 3.17. The zero-order valence-electron chi connectivity index (χ0n) is 15.2. The van der Waals surface area contributed by atoms with Crippen molar-refractivity contribution < 1.29 is 9.53 Å². The van der Waals surface area contributed by atoms with Crippen LogP contribution in [0, 0.1) is 6.92 Å². The third-order valence-corrected chi connectivity index (χ3v) is 4.38. The lowest BCUT2D eigenvalue weighted by molar-refractivity contribution is 0.0853. The highest BCUT2D eigenvalue weighted by molar-refractivity contribution is 5.92. The number of aromatic nitrogens is 2. The molecule has 1 aliphatic heterocycles. The molecule has 138 valence electrons. The van der Waals surface area contributed by atoms with Gasteiger partial charge in [0.05, 0.1) is 6.10 Å². The highest BCUT2D eigenvalue weighted by atomic mass is 16.5. The number of nitrogens with one attached hydrogen (secondary N) is 2. The fraction of sp³-hybridized carbons (Fsp3) is 0.450. The fourth-order valence-electron chi connectivity index (χ4n) is 3.03. The third-order valence-electron chi connectivity index (χ3n) is 4.38. The summed E-state index contributed by atoms with van der Waals surface area (Å²) in [5.74, 6) is 1.09. The van der Waals surface area contributed by atoms with Crippen LogP contribution in [0.15, 0.2) is 36.4 Å². The van der Waals surface area contributed by atoms with Crippen LogP contribution in [0.1, 0.15) is 41.1 Å². The average molecular weight is 354 g/mol. The summed E-state index contributed by atoms with van der Waals surface area (Å²) in [5.41, 5.74) is 1.71. The van der Waals surface area contributed by atoms with Crippen molar-refractivity contribution in [1.29, 1.82) is 0 Å². The van der Waals surface area contributed by atoms with Crippen molar-refractivity contribution in [3.05, 3.63) is 53.5 Å². The Balaban J connectivity index is 1.49. The van der Waals surface area contributed by atoms with Crippen molar-refractivity contribution in [1.82, 2.24) is 15.3 Å². The summed E-state index contributed by atoms with van der Waals surface area (Å²) in [6, 6.07) is 12.1. The van der Waals surface area contributed by atoms with Crippen molar-refractivity contribution in [3.63, 3.8) is 0 Å². The maximum atomic E-state index is 12.3. The van der Waals surface area contributed by atoms with Crippen molar-refractivity contribution >= 4 is 11.7 Å². The molecule has 2 N–H and O–H groups in total. The monoisotopic (exact) mass is 354 g/mol. The first-order valence-electron chi connectivity index (χ1n) is 9.24. The van der Waals surface area contributed by atoms with Crippen LogP contribution < -0.4 is 10.6 Å². The van der Waals surface area contributed by atoms with Gasteiger partial charge < -0.3 is 15.4 Å². The summed E-state index contributed by atoms with van der Waals surface area (Å²) in [7, 11) is 0. The van der Waals surface area contributed by atoms with E-state index in [0.29, 0.717) is 23.9 Å². The quantitative estimate of drug-likeness (QED) is 0.713. The van der Waals surface area contributed by atoms with Gasteiger partial charge in [-0.2, -0.15) is 0 Å². The molecular weight excluding hydrogens is 328 g/mol. The number of hydrogen-bond acceptors (Lipinski definition) is 5. The molecule has 2 heterocycles. The lowest BCUT2D eigenvalue weighted by Crippen LogP contribution is -2.32. The predicted molar refractivity (Wildman–Crippen MR) is 101 cm³/mol. The van der Waals surface area contributed by atoms with Gasteiger partial charge in [-0.1, -0.05) is 30.3 Å². The zero-order valence-corrected chi connectivity index (χ0v) is 15.2. The standard InChI is InChI=1S/C20H26N4O2/c1-15-23-18(20(25)22-14-17-10-6-12-26-17)13-19(24-15)21-11-5-9-16-7-3-2-4-8-16/h2-4,7-8,13,17H,5-6,9-12,14H2,1H3,(H,22,25)(H,21,23,24). The molecule has 1 fully saturated rings. The van der Waals surface area contributed by atoms with Crippen LogP contribution in [0.4, 0.5) is 5.82 Å². The van der Waals surface area contributed by atoms with Crippen molar-refractivity contribution in [3.8, 4) is 0 Å². The van der Waals surface area contributed by atoms with Crippen LogP contribution >= 0.6 is 0 Å². The van der Waals surface area contributed by atoms with Crippen LogP contribution in [-0.4, -0.2) is 41.7 Å². The minimum absolute atomic E-state index is 0.123. The first-order valence-corrected chi connectivity index (χ1v) is 9.24. The molecule has 0 aliphatic carbocycles. The molecule has 0 saturated carbocycles. The Morgan fingerprint density at radius 1 is 1.27 bits per heavy atom. The van der Waals surface area contributed by atoms with Crippen molar-refractivity contribution in [2.24, 2.45) is 0 Å². The van der Waals surface area contributed by atoms with E-state index in [-0.39, 0.29) is 12.0 Å². The minimum atomic E-state index is -0.182. The van der Waals surface area contributed by atoms with E-state index in [4.69, 9.17) is 4.74 Å². The molecule has 0 bridgehead atoms. The van der Waals surface area contributed by atoms with E-state index in [9.17, 15) is 4.79 Å². The van der Waals surface area contributed by atoms with Gasteiger partial charge in [-0.3, -0.25) is 4.79 Å². The van der Waals surface area contributed by atoms with E-state index >= 15 is 0 Å². The number of amides is 1. The SMILES string of the molecule is Cc1nc(NCCCc2ccccc2)cc(C(=O)NCC2CCCO2)n1. The van der Waals surface area contributed by atoms with Gasteiger partial charge in [-0.25, -0.2) is 9.97 Å². The summed E-state index contributed by atoms with van der Waals surface area (Å²) < 4.78 is 5.53. The van der Waals surface area contributed by atoms with E-state index in [0.717, 1.165) is 38.8 Å². The van der Waals surface area contributed by atoms with Crippen LogP contribution in [0.3, 0.4) is 0 Å². The van der Waals surface area contributed by atoms with E-state index in [1.165, 1.54) is 5.56 Å². The summed E-state index contributed by atoms with van der Waals surface area (Å²) in [5, 5.41) is 6.19. The number of nitrogens with zero attached hydrogens (tertiary/aromatic N) is 2. The molecule has 1 unspecified atom stereocenters. The molecular formula is C20H26N4O2. The number of aryl methyl sites for hydroxylation is 2. The minimum Gasteiger partial charge on any atom is -0.376 e. The van der Waals surface area contributed by atoms with E-state index in [1.54, 1.807) is 13.0 Å². The Kier molecular flexibility index (Phi) is 6.55. The second kappa shape index (κ2) is 9.29. The Hall–Kier alpha value is -2.47. The highest BCUT2D eigenvalue weighted by Gasteiger charge is 2.17. The first kappa shape index (κ1) is 18.3. The number of carbonyl (C=O) groups is 1. The lowest BCUT2D eigenvalue weighted by Gasteiger charge is -2.12. The number of rotatable bonds is 8. The third kappa shape index (κ3) is 5.52. The van der Waals surface area contributed by atoms with Gasteiger partial charge in [0.2, 0.25) is 0 Å². The van der Waals surface area contributed by atoms with Gasteiger partial charge in [0.15, 0.2) is 0 Å². The van der Waals surface area contributed by atoms with Crippen LogP contribution in [0.2, 0.25) is 0 Å². The van der Waals surface area contributed by atoms with Crippen LogP contribution in [-0.2, 0) is 11.2 Å². The molecule has 26 heavy (non-hydrogen) atoms. The van der Waals surface area contributed by atoms with Crippen molar-refractivity contribution in [2.75, 3.05) is 25.0 Å². The second-order valence-corrected chi connectivity index (χ2v) is 6.55. The van der Waals surface area contributed by atoms with Gasteiger partial charge in [-0.15, -0.1) is 0 Å². The van der Waals surface area contributed by atoms with Gasteiger partial charge in [-0.05, 0) is 38.2 Å². The van der Waals surface area contributed by atoms with Crippen LogP contribution in [0.5, 0.6) is 0 Å². The molecule has 0 radical (unpaired) electrons. The van der Waals surface area contributed by atoms with E-state index < -0.39 is 0 Å². The van der Waals surface area contributed by atoms with Gasteiger partial charge in [0, 0.05) is 25.8 Å². The molecule has 6 nitrogen and oxygen atoms in total. The summed E-state index contributed by atoms with van der Waals surface area (Å²) in [6.07, 6.45) is 4.18. The maximum Gasteiger partial charge on any atom is 0.270 e. The Morgan fingerprint density at radius 3 is 2.88 bits per heavy atom. The molecule has 2 aromatic rings. The van der Waals surface area contributed by atoms with Crippen LogP contribution in [0.25, 0.3) is 0 Å². The number of hydrogen-bond donors (Lipinski definition) is 2. The highest BCUT2D eigenvalue weighted by Crippen LogP contribution is 2.12.